The molecule has 0 aromatic carbocycles. The van der Waals surface area contributed by atoms with Crippen molar-refractivity contribution in [3.63, 3.8) is 0 Å². The van der Waals surface area contributed by atoms with Crippen LogP contribution in [0.15, 0.2) is 17.1 Å². The van der Waals surface area contributed by atoms with Crippen LogP contribution in [0.2, 0.25) is 0 Å². The third kappa shape index (κ3) is 5.54. The molecule has 6 N–H and O–H groups in total. The molecule has 172 valence electrons. The van der Waals surface area contributed by atoms with E-state index in [0.717, 1.165) is 39.3 Å². The maximum atomic E-state index is 13.6. The number of carboxylic acids is 1. The standard InChI is InChI=1S/C12H24N3OP.C7H8N4O3/c16-17(13-7-1-2-8-13,14-9-3-4-10-14)15-11-5-6-12-15;8-7(9)11-5(12)3-1-2-4(10-3)6(13)14/h1-12H2;1-2,10H,(H,13,14)(H4,8,9,11,12). The van der Waals surface area contributed by atoms with Crippen molar-refractivity contribution in [3.8, 4) is 0 Å². The Morgan fingerprint density at radius 1 is 0.839 bits per heavy atom. The number of rotatable bonds is 5. The van der Waals surface area contributed by atoms with E-state index in [1.165, 1.54) is 50.7 Å². The number of aromatic nitrogens is 1. The number of carbonyl (C=O) groups is 2. The van der Waals surface area contributed by atoms with Gasteiger partial charge in [0.1, 0.15) is 11.4 Å². The van der Waals surface area contributed by atoms with Crippen molar-refractivity contribution < 1.29 is 19.3 Å². The summed E-state index contributed by atoms with van der Waals surface area (Å²) in [5.41, 5.74) is 9.87. The molecule has 31 heavy (non-hydrogen) atoms. The lowest BCUT2D eigenvalue weighted by molar-refractivity contribution is 0.0691. The molecule has 3 aliphatic heterocycles. The van der Waals surface area contributed by atoms with E-state index in [4.69, 9.17) is 16.6 Å². The lowest BCUT2D eigenvalue weighted by atomic mass is 10.4. The van der Waals surface area contributed by atoms with Crippen LogP contribution in [0.1, 0.15) is 59.5 Å². The molecule has 3 fully saturated rings. The van der Waals surface area contributed by atoms with Gasteiger partial charge in [-0.2, -0.15) is 4.99 Å². The van der Waals surface area contributed by atoms with Gasteiger partial charge in [0.05, 0.1) is 0 Å². The predicted octanol–water partition coefficient (Wildman–Crippen LogP) is 1.51. The number of amides is 1. The summed E-state index contributed by atoms with van der Waals surface area (Å²) in [7, 11) is -2.36. The average molecular weight is 453 g/mol. The maximum absolute atomic E-state index is 13.6. The third-order valence-corrected chi connectivity index (χ3v) is 9.14. The molecular weight excluding hydrogens is 421 g/mol. The second kappa shape index (κ2) is 10.4. The van der Waals surface area contributed by atoms with E-state index in [1.54, 1.807) is 0 Å². The van der Waals surface area contributed by atoms with Crippen LogP contribution >= 0.6 is 7.59 Å². The van der Waals surface area contributed by atoms with Gasteiger partial charge in [0.15, 0.2) is 5.96 Å². The fourth-order valence-electron chi connectivity index (χ4n) is 4.24. The lowest BCUT2D eigenvalue weighted by Gasteiger charge is -2.40. The molecule has 1 aromatic heterocycles. The van der Waals surface area contributed by atoms with Gasteiger partial charge in [0.2, 0.25) is 0 Å². The van der Waals surface area contributed by atoms with Crippen LogP contribution < -0.4 is 11.5 Å². The van der Waals surface area contributed by atoms with E-state index >= 15 is 0 Å². The van der Waals surface area contributed by atoms with Gasteiger partial charge in [0, 0.05) is 39.3 Å². The van der Waals surface area contributed by atoms with Gasteiger partial charge < -0.3 is 21.6 Å². The minimum absolute atomic E-state index is 0.0239. The molecule has 1 aromatic rings. The highest BCUT2D eigenvalue weighted by Gasteiger charge is 2.45. The number of hydrogen-bond donors (Lipinski definition) is 4. The smallest absolute Gasteiger partial charge is 0.352 e. The molecule has 0 spiro atoms. The van der Waals surface area contributed by atoms with Crippen LogP contribution in [-0.2, 0) is 4.57 Å². The molecule has 0 unspecified atom stereocenters. The quantitative estimate of drug-likeness (QED) is 0.294. The number of nitrogens with two attached hydrogens (primary N) is 2. The number of H-pyrrole nitrogens is 1. The van der Waals surface area contributed by atoms with Gasteiger partial charge in [-0.05, 0) is 50.7 Å². The summed E-state index contributed by atoms with van der Waals surface area (Å²) < 4.78 is 20.5. The van der Waals surface area contributed by atoms with E-state index in [0.29, 0.717) is 0 Å². The van der Waals surface area contributed by atoms with E-state index in [-0.39, 0.29) is 17.3 Å². The summed E-state index contributed by atoms with van der Waals surface area (Å²) in [6.45, 7) is 6.28. The van der Waals surface area contributed by atoms with Gasteiger partial charge in [-0.3, -0.25) is 9.36 Å². The average Bonchev–Trinajstić information content (AvgIpc) is 3.54. The highest BCUT2D eigenvalue weighted by molar-refractivity contribution is 7.56. The number of carbonyl (C=O) groups excluding carboxylic acids is 1. The first-order chi connectivity index (χ1) is 14.8. The molecule has 0 aliphatic carbocycles. The van der Waals surface area contributed by atoms with Crippen molar-refractivity contribution in [1.29, 1.82) is 0 Å². The number of nitrogens with zero attached hydrogens (tertiary/aromatic N) is 4. The SMILES string of the molecule is NC(N)=NC(=O)c1ccc(C(=O)O)[nH]1.O=P(N1CCCC1)(N1CCCC1)N1CCCC1. The van der Waals surface area contributed by atoms with E-state index < -0.39 is 19.5 Å². The second-order valence-electron chi connectivity index (χ2n) is 7.93. The highest BCUT2D eigenvalue weighted by Crippen LogP contribution is 2.59. The minimum Gasteiger partial charge on any atom is -0.477 e. The fraction of sp³-hybridized carbons (Fsp3) is 0.632. The Labute approximate surface area is 182 Å². The Hall–Kier alpha value is -2.20. The predicted molar refractivity (Wildman–Crippen MR) is 118 cm³/mol. The summed E-state index contributed by atoms with van der Waals surface area (Å²) >= 11 is 0. The molecule has 12 heteroatoms. The Balaban J connectivity index is 0.000000180. The normalized spacial score (nSPS) is 20.4. The van der Waals surface area contributed by atoms with Gasteiger partial charge in [-0.1, -0.05) is 0 Å². The van der Waals surface area contributed by atoms with Crippen LogP contribution in [0.5, 0.6) is 0 Å². The van der Waals surface area contributed by atoms with Gasteiger partial charge >= 0.3 is 5.97 Å². The first-order valence-electron chi connectivity index (χ1n) is 10.7. The monoisotopic (exact) mass is 453 g/mol. The molecule has 0 radical (unpaired) electrons. The maximum Gasteiger partial charge on any atom is 0.352 e. The topological polar surface area (TPSA) is 161 Å². The highest BCUT2D eigenvalue weighted by atomic mass is 31.2. The first kappa shape index (κ1) is 23.5. The van der Waals surface area contributed by atoms with E-state index in [1.807, 2.05) is 0 Å². The van der Waals surface area contributed by atoms with Gasteiger partial charge in [-0.25, -0.2) is 18.8 Å². The molecule has 1 amide bonds. The largest absolute Gasteiger partial charge is 0.477 e. The molecule has 11 nitrogen and oxygen atoms in total. The Morgan fingerprint density at radius 3 is 1.55 bits per heavy atom. The number of guanidine groups is 1. The lowest BCUT2D eigenvalue weighted by Crippen LogP contribution is -2.37. The third-order valence-electron chi connectivity index (χ3n) is 5.73. The van der Waals surface area contributed by atoms with Gasteiger partial charge in [0.25, 0.3) is 13.5 Å². The minimum atomic E-state index is -2.36. The Kier molecular flexibility index (Phi) is 7.88. The molecule has 3 saturated heterocycles. The fourth-order valence-corrected chi connectivity index (χ4v) is 7.73. The summed E-state index contributed by atoms with van der Waals surface area (Å²) in [5.74, 6) is -2.24. The molecule has 0 saturated carbocycles. The second-order valence-corrected chi connectivity index (χ2v) is 10.7. The molecule has 4 rings (SSSR count). The van der Waals surface area contributed by atoms with Gasteiger partial charge in [-0.15, -0.1) is 0 Å². The zero-order chi connectivity index (χ0) is 22.4. The van der Waals surface area contributed by atoms with Crippen LogP contribution in [0.4, 0.5) is 0 Å². The van der Waals surface area contributed by atoms with Crippen molar-refractivity contribution in [2.24, 2.45) is 16.5 Å². The van der Waals surface area contributed by atoms with Crippen molar-refractivity contribution in [2.75, 3.05) is 39.3 Å². The van der Waals surface area contributed by atoms with E-state index in [2.05, 4.69) is 24.0 Å². The van der Waals surface area contributed by atoms with Crippen LogP contribution in [-0.4, -0.2) is 81.2 Å². The number of aliphatic imine (C=N–C) groups is 1. The zero-order valence-electron chi connectivity index (χ0n) is 17.7. The molecular formula is C19H32N7O4P. The number of aromatic amines is 1. The zero-order valence-corrected chi connectivity index (χ0v) is 18.6. The summed E-state index contributed by atoms with van der Waals surface area (Å²) in [6.07, 6.45) is 7.37. The summed E-state index contributed by atoms with van der Waals surface area (Å²) in [6, 6.07) is 2.54. The molecule has 0 bridgehead atoms. The number of aromatic carboxylic acids is 1. The van der Waals surface area contributed by atoms with Crippen LogP contribution in [0, 0.1) is 0 Å². The molecule has 0 atom stereocenters. The first-order valence-corrected chi connectivity index (χ1v) is 12.3. The van der Waals surface area contributed by atoms with Crippen molar-refractivity contribution >= 4 is 25.4 Å². The Bertz CT molecular complexity index is 802. The van der Waals surface area contributed by atoms with Crippen molar-refractivity contribution in [1.82, 2.24) is 19.0 Å². The molecule has 4 heterocycles. The van der Waals surface area contributed by atoms with Crippen LogP contribution in [0.3, 0.4) is 0 Å². The summed E-state index contributed by atoms with van der Waals surface area (Å²) in [5, 5.41) is 8.53. The van der Waals surface area contributed by atoms with Crippen molar-refractivity contribution in [2.45, 2.75) is 38.5 Å². The van der Waals surface area contributed by atoms with E-state index in [9.17, 15) is 14.2 Å². The number of hydrogen-bond acceptors (Lipinski definition) is 3. The van der Waals surface area contributed by atoms with Crippen molar-refractivity contribution in [3.05, 3.63) is 23.5 Å². The number of nitrogens with one attached hydrogen (secondary N) is 1. The summed E-state index contributed by atoms with van der Waals surface area (Å²) in [4.78, 5) is 27.1. The Morgan fingerprint density at radius 2 is 1.23 bits per heavy atom. The molecule has 3 aliphatic rings. The number of carboxylic acid groups (broad SMARTS) is 1. The van der Waals surface area contributed by atoms with Crippen LogP contribution in [0.25, 0.3) is 0 Å².